The van der Waals surface area contributed by atoms with E-state index in [1.54, 1.807) is 0 Å². The highest BCUT2D eigenvalue weighted by Gasteiger charge is 2.20. The molecule has 0 bridgehead atoms. The Morgan fingerprint density at radius 1 is 1.16 bits per heavy atom. The van der Waals surface area contributed by atoms with Crippen molar-refractivity contribution in [2.45, 2.75) is 51.4 Å². The first kappa shape index (κ1) is 14.5. The number of benzene rings is 1. The Hall–Kier alpha value is -0.890. The minimum atomic E-state index is -0.329. The van der Waals surface area contributed by atoms with E-state index < -0.39 is 0 Å². The van der Waals surface area contributed by atoms with Crippen molar-refractivity contribution in [3.63, 3.8) is 0 Å². The second kappa shape index (κ2) is 7.04. The Labute approximate surface area is 119 Å². The summed E-state index contributed by atoms with van der Waals surface area (Å²) in [6.07, 6.45) is 8.23. The normalized spacial score (nSPS) is 17.8. The Morgan fingerprint density at radius 3 is 2.47 bits per heavy atom. The first-order chi connectivity index (χ1) is 9.16. The molecule has 0 aromatic heterocycles. The lowest BCUT2D eigenvalue weighted by Crippen LogP contribution is -2.18. The summed E-state index contributed by atoms with van der Waals surface area (Å²) in [4.78, 5) is 12.3. The number of hydrogen-bond acceptors (Lipinski definition) is 1. The maximum atomic E-state index is 13.2. The zero-order valence-corrected chi connectivity index (χ0v) is 11.9. The molecule has 0 unspecified atom stereocenters. The highest BCUT2D eigenvalue weighted by Crippen LogP contribution is 2.26. The van der Waals surface area contributed by atoms with Gasteiger partial charge in [0.25, 0.3) is 0 Å². The van der Waals surface area contributed by atoms with Crippen molar-refractivity contribution >= 4 is 17.4 Å². The number of carbonyl (C=O) groups is 1. The van der Waals surface area contributed by atoms with E-state index in [0.29, 0.717) is 10.6 Å². The first-order valence-electron chi connectivity index (χ1n) is 7.13. The molecule has 1 aromatic rings. The largest absolute Gasteiger partial charge is 0.299 e. The first-order valence-corrected chi connectivity index (χ1v) is 7.51. The fourth-order valence-corrected chi connectivity index (χ4v) is 2.97. The van der Waals surface area contributed by atoms with Crippen molar-refractivity contribution in [1.29, 1.82) is 0 Å². The van der Waals surface area contributed by atoms with Gasteiger partial charge in [0, 0.05) is 17.4 Å². The minimum absolute atomic E-state index is 0.139. The average molecular weight is 283 g/mol. The number of ketones is 1. The van der Waals surface area contributed by atoms with Gasteiger partial charge in [-0.2, -0.15) is 0 Å². The maximum Gasteiger partial charge on any atom is 0.140 e. The van der Waals surface area contributed by atoms with Gasteiger partial charge in [-0.1, -0.05) is 43.7 Å². The third-order valence-corrected chi connectivity index (χ3v) is 4.30. The summed E-state index contributed by atoms with van der Waals surface area (Å²) < 4.78 is 13.2. The van der Waals surface area contributed by atoms with Gasteiger partial charge in [0.05, 0.1) is 0 Å². The van der Waals surface area contributed by atoms with Crippen molar-refractivity contribution in [2.75, 3.05) is 0 Å². The van der Waals surface area contributed by atoms with E-state index in [1.165, 1.54) is 37.5 Å². The Bertz CT molecular complexity index is 436. The van der Waals surface area contributed by atoms with Crippen molar-refractivity contribution in [2.24, 2.45) is 5.92 Å². The van der Waals surface area contributed by atoms with Gasteiger partial charge in [0.2, 0.25) is 0 Å². The molecule has 0 saturated heterocycles. The SMILES string of the molecule is O=C(Cc1cc(F)ccc1Cl)C1CCCCCCC1. The van der Waals surface area contributed by atoms with Gasteiger partial charge in [-0.3, -0.25) is 4.79 Å². The van der Waals surface area contributed by atoms with E-state index in [9.17, 15) is 9.18 Å². The lowest BCUT2D eigenvalue weighted by Gasteiger charge is -2.18. The van der Waals surface area contributed by atoms with Crippen molar-refractivity contribution in [1.82, 2.24) is 0 Å². The fourth-order valence-electron chi connectivity index (χ4n) is 2.79. The van der Waals surface area contributed by atoms with Gasteiger partial charge < -0.3 is 0 Å². The van der Waals surface area contributed by atoms with Crippen LogP contribution in [0, 0.1) is 11.7 Å². The molecule has 2 rings (SSSR count). The summed E-state index contributed by atoms with van der Waals surface area (Å²) in [7, 11) is 0. The maximum absolute atomic E-state index is 13.2. The number of rotatable bonds is 3. The Morgan fingerprint density at radius 2 is 1.79 bits per heavy atom. The molecule has 3 heteroatoms. The lowest BCUT2D eigenvalue weighted by molar-refractivity contribution is -0.122. The summed E-state index contributed by atoms with van der Waals surface area (Å²) in [5.41, 5.74) is 0.619. The van der Waals surface area contributed by atoms with Gasteiger partial charge >= 0.3 is 0 Å². The molecule has 104 valence electrons. The van der Waals surface area contributed by atoms with Crippen LogP contribution in [0.25, 0.3) is 0 Å². The fraction of sp³-hybridized carbons (Fsp3) is 0.562. The van der Waals surface area contributed by atoms with E-state index in [2.05, 4.69) is 0 Å². The molecule has 1 aliphatic carbocycles. The number of hydrogen-bond donors (Lipinski definition) is 0. The molecule has 1 aliphatic rings. The van der Waals surface area contributed by atoms with E-state index in [4.69, 9.17) is 11.6 Å². The van der Waals surface area contributed by atoms with Crippen LogP contribution < -0.4 is 0 Å². The third-order valence-electron chi connectivity index (χ3n) is 3.93. The average Bonchev–Trinajstić information content (AvgIpc) is 2.33. The van der Waals surface area contributed by atoms with E-state index >= 15 is 0 Å². The summed E-state index contributed by atoms with van der Waals surface area (Å²) >= 11 is 6.02. The minimum Gasteiger partial charge on any atom is -0.299 e. The molecule has 1 nitrogen and oxygen atoms in total. The van der Waals surface area contributed by atoms with E-state index in [0.717, 1.165) is 25.7 Å². The molecular weight excluding hydrogens is 263 g/mol. The van der Waals surface area contributed by atoms with Crippen LogP contribution in [0.4, 0.5) is 4.39 Å². The van der Waals surface area contributed by atoms with Crippen LogP contribution in [0.3, 0.4) is 0 Å². The molecule has 0 aliphatic heterocycles. The van der Waals surface area contributed by atoms with Crippen molar-refractivity contribution in [3.05, 3.63) is 34.6 Å². The highest BCUT2D eigenvalue weighted by atomic mass is 35.5. The summed E-state index contributed by atoms with van der Waals surface area (Å²) in [6.45, 7) is 0. The van der Waals surface area contributed by atoms with Crippen LogP contribution in [0.1, 0.15) is 50.5 Å². The van der Waals surface area contributed by atoms with Crippen molar-refractivity contribution in [3.8, 4) is 0 Å². The molecule has 1 aromatic carbocycles. The van der Waals surface area contributed by atoms with Crippen molar-refractivity contribution < 1.29 is 9.18 Å². The molecule has 0 atom stereocenters. The summed E-state index contributed by atoms with van der Waals surface area (Å²) in [6, 6.07) is 4.23. The summed E-state index contributed by atoms with van der Waals surface area (Å²) in [5, 5.41) is 0.487. The van der Waals surface area contributed by atoms with E-state index in [1.807, 2.05) is 0 Å². The third kappa shape index (κ3) is 4.31. The highest BCUT2D eigenvalue weighted by molar-refractivity contribution is 6.31. The quantitative estimate of drug-likeness (QED) is 0.766. The summed E-state index contributed by atoms with van der Waals surface area (Å²) in [5.74, 6) is 0.0268. The van der Waals surface area contributed by atoms with E-state index in [-0.39, 0.29) is 23.9 Å². The zero-order chi connectivity index (χ0) is 13.7. The van der Waals surface area contributed by atoms with Crippen LogP contribution in [0.2, 0.25) is 5.02 Å². The standard InChI is InChI=1S/C16H20ClFO/c17-15-9-8-14(18)10-13(15)11-16(19)12-6-4-2-1-3-5-7-12/h8-10,12H,1-7,11H2. The number of carbonyl (C=O) groups excluding carboxylic acids is 1. The molecular formula is C16H20ClFO. The van der Waals surface area contributed by atoms with Gasteiger partial charge in [0.1, 0.15) is 11.6 Å². The van der Waals surface area contributed by atoms with Gasteiger partial charge in [-0.05, 0) is 36.6 Å². The molecule has 0 N–H and O–H groups in total. The molecule has 19 heavy (non-hydrogen) atoms. The predicted molar refractivity (Wildman–Crippen MR) is 75.9 cm³/mol. The second-order valence-corrected chi connectivity index (χ2v) is 5.83. The number of Topliss-reactive ketones (excluding diaryl/α,β-unsaturated/α-hetero) is 1. The van der Waals surface area contributed by atoms with Crippen LogP contribution in [0.15, 0.2) is 18.2 Å². The molecule has 0 spiro atoms. The van der Waals surface area contributed by atoms with Gasteiger partial charge in [0.15, 0.2) is 0 Å². The Balaban J connectivity index is 2.00. The molecule has 1 fully saturated rings. The second-order valence-electron chi connectivity index (χ2n) is 5.42. The zero-order valence-electron chi connectivity index (χ0n) is 11.1. The van der Waals surface area contributed by atoms with Gasteiger partial charge in [-0.25, -0.2) is 4.39 Å². The van der Waals surface area contributed by atoms with Crippen LogP contribution in [0.5, 0.6) is 0 Å². The van der Waals surface area contributed by atoms with Crippen LogP contribution >= 0.6 is 11.6 Å². The Kier molecular flexibility index (Phi) is 5.38. The molecule has 0 heterocycles. The van der Waals surface area contributed by atoms with Crippen LogP contribution in [-0.4, -0.2) is 5.78 Å². The smallest absolute Gasteiger partial charge is 0.140 e. The topological polar surface area (TPSA) is 17.1 Å². The molecule has 1 saturated carbocycles. The number of halogens is 2. The molecule has 0 radical (unpaired) electrons. The predicted octanol–water partition coefficient (Wildman–Crippen LogP) is 4.95. The lowest BCUT2D eigenvalue weighted by atomic mass is 9.86. The molecule has 0 amide bonds. The van der Waals surface area contributed by atoms with Gasteiger partial charge in [-0.15, -0.1) is 0 Å². The monoisotopic (exact) mass is 282 g/mol. The van der Waals surface area contributed by atoms with Crippen LogP contribution in [-0.2, 0) is 11.2 Å².